The van der Waals surface area contributed by atoms with Crippen LogP contribution in [0.2, 0.25) is 0 Å². The Kier molecular flexibility index (Phi) is 5.70. The van der Waals surface area contributed by atoms with Crippen molar-refractivity contribution in [1.29, 1.82) is 0 Å². The second kappa shape index (κ2) is 6.57. The van der Waals surface area contributed by atoms with Crippen LogP contribution in [0.5, 0.6) is 0 Å². The van der Waals surface area contributed by atoms with Gasteiger partial charge in [-0.2, -0.15) is 0 Å². The molecule has 0 saturated carbocycles. The maximum absolute atomic E-state index is 11.8. The smallest absolute Gasteiger partial charge is 0.220 e. The predicted molar refractivity (Wildman–Crippen MR) is 69.5 cm³/mol. The van der Waals surface area contributed by atoms with E-state index in [-0.39, 0.29) is 23.9 Å². The third-order valence-electron chi connectivity index (χ3n) is 3.54. The Balaban J connectivity index is 0.00000144. The number of hydrogen-bond acceptors (Lipinski definition) is 3. The summed E-state index contributed by atoms with van der Waals surface area (Å²) >= 11 is 0. The number of rotatable bonds is 4. The number of amides is 1. The lowest BCUT2D eigenvalue weighted by Gasteiger charge is -2.23. The number of ether oxygens (including phenoxy) is 1. The van der Waals surface area contributed by atoms with Crippen LogP contribution >= 0.6 is 12.4 Å². The maximum Gasteiger partial charge on any atom is 0.220 e. The highest BCUT2D eigenvalue weighted by Crippen LogP contribution is 2.18. The maximum atomic E-state index is 11.8. The average Bonchev–Trinajstić information content (AvgIpc) is 2.86. The molecule has 2 atom stereocenters. The molecule has 2 aliphatic heterocycles. The van der Waals surface area contributed by atoms with Gasteiger partial charge in [-0.05, 0) is 39.2 Å². The molecule has 0 aliphatic carbocycles. The van der Waals surface area contributed by atoms with Gasteiger partial charge in [0, 0.05) is 19.1 Å². The van der Waals surface area contributed by atoms with Gasteiger partial charge in [0.25, 0.3) is 0 Å². The van der Waals surface area contributed by atoms with E-state index >= 15 is 0 Å². The summed E-state index contributed by atoms with van der Waals surface area (Å²) in [7, 11) is 0. The zero-order chi connectivity index (χ0) is 11.4. The second-order valence-corrected chi connectivity index (χ2v) is 5.24. The highest BCUT2D eigenvalue weighted by molar-refractivity contribution is 5.85. The van der Waals surface area contributed by atoms with Crippen molar-refractivity contribution in [3.8, 4) is 0 Å². The summed E-state index contributed by atoms with van der Waals surface area (Å²) in [6.45, 7) is 4.59. The minimum absolute atomic E-state index is 0. The summed E-state index contributed by atoms with van der Waals surface area (Å²) in [5, 5.41) is 6.50. The van der Waals surface area contributed by atoms with Crippen LogP contribution in [0.25, 0.3) is 0 Å². The molecule has 17 heavy (non-hydrogen) atoms. The number of carbonyl (C=O) groups is 1. The zero-order valence-electron chi connectivity index (χ0n) is 10.5. The molecular formula is C12H23ClN2O2. The van der Waals surface area contributed by atoms with Crippen molar-refractivity contribution in [2.45, 2.75) is 50.6 Å². The highest BCUT2D eigenvalue weighted by atomic mass is 35.5. The Bertz CT molecular complexity index is 249. The average molecular weight is 263 g/mol. The van der Waals surface area contributed by atoms with Crippen molar-refractivity contribution in [3.05, 3.63) is 0 Å². The normalized spacial score (nSPS) is 32.2. The van der Waals surface area contributed by atoms with E-state index in [9.17, 15) is 4.79 Å². The molecular weight excluding hydrogens is 240 g/mol. The minimum Gasteiger partial charge on any atom is -0.379 e. The van der Waals surface area contributed by atoms with E-state index in [0.29, 0.717) is 19.1 Å². The lowest BCUT2D eigenvalue weighted by Crippen LogP contribution is -2.46. The van der Waals surface area contributed by atoms with Crippen molar-refractivity contribution in [2.24, 2.45) is 0 Å². The lowest BCUT2D eigenvalue weighted by molar-refractivity contribution is -0.123. The van der Waals surface area contributed by atoms with Gasteiger partial charge in [-0.25, -0.2) is 0 Å². The molecule has 2 rings (SSSR count). The zero-order valence-corrected chi connectivity index (χ0v) is 11.3. The highest BCUT2D eigenvalue weighted by Gasteiger charge is 2.31. The fraction of sp³-hybridized carbons (Fsp3) is 0.917. The van der Waals surface area contributed by atoms with Gasteiger partial charge >= 0.3 is 0 Å². The number of hydrogen-bond donors (Lipinski definition) is 2. The fourth-order valence-corrected chi connectivity index (χ4v) is 2.47. The summed E-state index contributed by atoms with van der Waals surface area (Å²) in [4.78, 5) is 11.8. The van der Waals surface area contributed by atoms with Gasteiger partial charge in [-0.1, -0.05) is 0 Å². The Morgan fingerprint density at radius 1 is 1.59 bits per heavy atom. The Morgan fingerprint density at radius 2 is 2.41 bits per heavy atom. The number of carbonyl (C=O) groups excluding carboxylic acids is 1. The van der Waals surface area contributed by atoms with E-state index in [4.69, 9.17) is 4.74 Å². The summed E-state index contributed by atoms with van der Waals surface area (Å²) in [6, 6.07) is 0.554. The van der Waals surface area contributed by atoms with E-state index in [1.807, 2.05) is 0 Å². The van der Waals surface area contributed by atoms with Crippen LogP contribution in [0.4, 0.5) is 0 Å². The van der Waals surface area contributed by atoms with E-state index in [0.717, 1.165) is 26.0 Å². The summed E-state index contributed by atoms with van der Waals surface area (Å²) in [5.41, 5.74) is -0.125. The molecule has 2 N–H and O–H groups in total. The van der Waals surface area contributed by atoms with Crippen LogP contribution in [0.15, 0.2) is 0 Å². The summed E-state index contributed by atoms with van der Waals surface area (Å²) in [5.74, 6) is 0.168. The van der Waals surface area contributed by atoms with Gasteiger partial charge in [0.1, 0.15) is 0 Å². The first-order chi connectivity index (χ1) is 7.68. The Labute approximate surface area is 109 Å². The molecule has 0 aromatic rings. The molecule has 0 bridgehead atoms. The van der Waals surface area contributed by atoms with Crippen molar-refractivity contribution in [3.63, 3.8) is 0 Å². The van der Waals surface area contributed by atoms with E-state index < -0.39 is 0 Å². The van der Waals surface area contributed by atoms with Gasteiger partial charge < -0.3 is 15.4 Å². The van der Waals surface area contributed by atoms with Gasteiger partial charge in [0.15, 0.2) is 0 Å². The lowest BCUT2D eigenvalue weighted by atomic mass is 10.0. The monoisotopic (exact) mass is 262 g/mol. The quantitative estimate of drug-likeness (QED) is 0.802. The molecule has 1 amide bonds. The van der Waals surface area contributed by atoms with E-state index in [1.54, 1.807) is 0 Å². The first-order valence-corrected chi connectivity index (χ1v) is 6.30. The van der Waals surface area contributed by atoms with E-state index in [1.165, 1.54) is 12.8 Å². The standard InChI is InChI=1S/C12H22N2O2.ClH/c1-12(6-8-16-9-12)14-11(15)5-4-10-3-2-7-13-10;/h10,13H,2-9H2,1H3,(H,14,15);1H. The first-order valence-electron chi connectivity index (χ1n) is 6.30. The van der Waals surface area contributed by atoms with Crippen LogP contribution in [-0.4, -0.2) is 37.2 Å². The van der Waals surface area contributed by atoms with Gasteiger partial charge in [-0.15, -0.1) is 12.4 Å². The van der Waals surface area contributed by atoms with Crippen LogP contribution < -0.4 is 10.6 Å². The number of halogens is 1. The molecule has 4 nitrogen and oxygen atoms in total. The molecule has 2 fully saturated rings. The molecule has 0 radical (unpaired) electrons. The van der Waals surface area contributed by atoms with Crippen molar-refractivity contribution in [2.75, 3.05) is 19.8 Å². The SMILES string of the molecule is CC1(NC(=O)CCC2CCCN2)CCOC1.Cl. The second-order valence-electron chi connectivity index (χ2n) is 5.24. The summed E-state index contributed by atoms with van der Waals surface area (Å²) < 4.78 is 5.31. The Morgan fingerprint density at radius 3 is 3.00 bits per heavy atom. The van der Waals surface area contributed by atoms with Crippen LogP contribution in [-0.2, 0) is 9.53 Å². The minimum atomic E-state index is -0.125. The predicted octanol–water partition coefficient (Wildman–Crippen LogP) is 1.24. The van der Waals surface area contributed by atoms with Gasteiger partial charge in [0.2, 0.25) is 5.91 Å². The molecule has 0 aromatic heterocycles. The van der Waals surface area contributed by atoms with Crippen molar-refractivity contribution in [1.82, 2.24) is 10.6 Å². The van der Waals surface area contributed by atoms with Crippen LogP contribution in [0, 0.1) is 0 Å². The largest absolute Gasteiger partial charge is 0.379 e. The van der Waals surface area contributed by atoms with Crippen molar-refractivity contribution < 1.29 is 9.53 Å². The molecule has 100 valence electrons. The van der Waals surface area contributed by atoms with Gasteiger partial charge in [0.05, 0.1) is 12.1 Å². The van der Waals surface area contributed by atoms with Crippen LogP contribution in [0.3, 0.4) is 0 Å². The van der Waals surface area contributed by atoms with Gasteiger partial charge in [-0.3, -0.25) is 4.79 Å². The first kappa shape index (κ1) is 14.7. The van der Waals surface area contributed by atoms with Crippen LogP contribution in [0.1, 0.15) is 39.0 Å². The molecule has 0 spiro atoms. The number of nitrogens with one attached hydrogen (secondary N) is 2. The molecule has 5 heteroatoms. The molecule has 2 heterocycles. The summed E-state index contributed by atoms with van der Waals surface area (Å²) in [6.07, 6.45) is 4.99. The third-order valence-corrected chi connectivity index (χ3v) is 3.54. The topological polar surface area (TPSA) is 50.4 Å². The molecule has 2 unspecified atom stereocenters. The van der Waals surface area contributed by atoms with E-state index in [2.05, 4.69) is 17.6 Å². The fourth-order valence-electron chi connectivity index (χ4n) is 2.47. The molecule has 0 aromatic carbocycles. The Hall–Kier alpha value is -0.320. The molecule has 2 saturated heterocycles. The molecule has 2 aliphatic rings. The van der Waals surface area contributed by atoms with Crippen molar-refractivity contribution >= 4 is 18.3 Å². The third kappa shape index (κ3) is 4.45.